The molecular weight excluding hydrogens is 356 g/mol. The summed E-state index contributed by atoms with van der Waals surface area (Å²) in [5, 5.41) is 6.79. The molecule has 0 radical (unpaired) electrons. The van der Waals surface area contributed by atoms with Crippen LogP contribution in [-0.2, 0) is 14.3 Å². The van der Waals surface area contributed by atoms with Gasteiger partial charge in [0.1, 0.15) is 0 Å². The Hall–Kier alpha value is -1.34. The number of aliphatic imine (C=N–C) groups is 1. The van der Waals surface area contributed by atoms with Crippen molar-refractivity contribution in [3.63, 3.8) is 0 Å². The molecule has 1 fully saturated rings. The normalized spacial score (nSPS) is 16.8. The number of hydrogen-bond acceptors (Lipinski definition) is 5. The van der Waals surface area contributed by atoms with Crippen LogP contribution in [0.3, 0.4) is 0 Å². The first-order valence-electron chi connectivity index (χ1n) is 11.1. The standard InChI is InChI=1S/C21H42N4O3/c1-5-22-21(23-12-10-8-7-9-11-20(26)28-6-2)24-17-19(18(3)4)25-13-15-27-16-14-25/h18-19H,5-17H2,1-4H3,(H2,22,23,24). The zero-order valence-electron chi connectivity index (χ0n) is 18.5. The van der Waals surface area contributed by atoms with Gasteiger partial charge in [-0.3, -0.25) is 14.7 Å². The maximum absolute atomic E-state index is 11.3. The van der Waals surface area contributed by atoms with Gasteiger partial charge in [0.05, 0.1) is 26.4 Å². The second-order valence-electron chi connectivity index (χ2n) is 7.58. The topological polar surface area (TPSA) is 75.2 Å². The van der Waals surface area contributed by atoms with Crippen LogP contribution in [0.1, 0.15) is 59.8 Å². The van der Waals surface area contributed by atoms with Gasteiger partial charge in [0.25, 0.3) is 0 Å². The Morgan fingerprint density at radius 1 is 1.11 bits per heavy atom. The molecule has 0 spiro atoms. The molecule has 7 nitrogen and oxygen atoms in total. The van der Waals surface area contributed by atoms with Gasteiger partial charge in [-0.1, -0.05) is 26.7 Å². The second kappa shape index (κ2) is 15.6. The molecule has 1 aliphatic rings. The van der Waals surface area contributed by atoms with Gasteiger partial charge in [-0.05, 0) is 32.6 Å². The van der Waals surface area contributed by atoms with Gasteiger partial charge in [-0.25, -0.2) is 0 Å². The van der Waals surface area contributed by atoms with E-state index in [1.807, 2.05) is 6.92 Å². The molecule has 1 rings (SSSR count). The van der Waals surface area contributed by atoms with Crippen LogP contribution in [0.5, 0.6) is 0 Å². The van der Waals surface area contributed by atoms with Crippen LogP contribution in [-0.4, -0.2) is 75.4 Å². The summed E-state index contributed by atoms with van der Waals surface area (Å²) in [6, 6.07) is 0.447. The molecule has 1 unspecified atom stereocenters. The summed E-state index contributed by atoms with van der Waals surface area (Å²) >= 11 is 0. The number of ether oxygens (including phenoxy) is 2. The Kier molecular flexibility index (Phi) is 13.7. The average Bonchev–Trinajstić information content (AvgIpc) is 2.68. The zero-order chi connectivity index (χ0) is 20.6. The highest BCUT2D eigenvalue weighted by Gasteiger charge is 2.23. The minimum atomic E-state index is -0.0813. The molecular formula is C21H42N4O3. The molecule has 1 atom stereocenters. The number of rotatable bonds is 13. The number of unbranched alkanes of at least 4 members (excludes halogenated alkanes) is 3. The van der Waals surface area contributed by atoms with Crippen molar-refractivity contribution in [3.05, 3.63) is 0 Å². The van der Waals surface area contributed by atoms with Gasteiger partial charge < -0.3 is 20.1 Å². The average molecular weight is 399 g/mol. The van der Waals surface area contributed by atoms with E-state index in [-0.39, 0.29) is 5.97 Å². The lowest BCUT2D eigenvalue weighted by atomic mass is 10.0. The number of hydrogen-bond donors (Lipinski definition) is 2. The molecule has 2 N–H and O–H groups in total. The summed E-state index contributed by atoms with van der Waals surface area (Å²) in [4.78, 5) is 18.7. The zero-order valence-corrected chi connectivity index (χ0v) is 18.5. The Morgan fingerprint density at radius 3 is 2.46 bits per heavy atom. The number of carbonyl (C=O) groups excluding carboxylic acids is 1. The van der Waals surface area contributed by atoms with Gasteiger partial charge in [0.2, 0.25) is 0 Å². The maximum Gasteiger partial charge on any atom is 0.305 e. The van der Waals surface area contributed by atoms with Crippen LogP contribution in [0.2, 0.25) is 0 Å². The first-order valence-corrected chi connectivity index (χ1v) is 11.1. The Labute approximate surface area is 171 Å². The fourth-order valence-electron chi connectivity index (χ4n) is 3.37. The fourth-order valence-corrected chi connectivity index (χ4v) is 3.37. The minimum Gasteiger partial charge on any atom is -0.466 e. The molecule has 28 heavy (non-hydrogen) atoms. The van der Waals surface area contributed by atoms with Crippen molar-refractivity contribution in [1.29, 1.82) is 0 Å². The van der Waals surface area contributed by atoms with E-state index in [0.29, 0.717) is 25.0 Å². The highest BCUT2D eigenvalue weighted by molar-refractivity contribution is 5.79. The van der Waals surface area contributed by atoms with Gasteiger partial charge in [-0.2, -0.15) is 0 Å². The summed E-state index contributed by atoms with van der Waals surface area (Å²) in [7, 11) is 0. The molecule has 0 bridgehead atoms. The predicted octanol–water partition coefficient (Wildman–Crippen LogP) is 2.41. The van der Waals surface area contributed by atoms with E-state index in [1.165, 1.54) is 0 Å². The Morgan fingerprint density at radius 2 is 1.82 bits per heavy atom. The van der Waals surface area contributed by atoms with Gasteiger partial charge >= 0.3 is 5.97 Å². The van der Waals surface area contributed by atoms with Crippen molar-refractivity contribution in [2.75, 3.05) is 52.5 Å². The molecule has 0 aromatic rings. The summed E-state index contributed by atoms with van der Waals surface area (Å²) in [5.41, 5.74) is 0. The number of esters is 1. The van der Waals surface area contributed by atoms with Crippen molar-refractivity contribution >= 4 is 11.9 Å². The summed E-state index contributed by atoms with van der Waals surface area (Å²) in [6.07, 6.45) is 4.67. The van der Waals surface area contributed by atoms with E-state index >= 15 is 0 Å². The van der Waals surface area contributed by atoms with Crippen molar-refractivity contribution in [2.24, 2.45) is 10.9 Å². The smallest absolute Gasteiger partial charge is 0.305 e. The number of nitrogens with one attached hydrogen (secondary N) is 2. The Balaban J connectivity index is 2.31. The van der Waals surface area contributed by atoms with Crippen molar-refractivity contribution < 1.29 is 14.3 Å². The summed E-state index contributed by atoms with van der Waals surface area (Å²) in [6.45, 7) is 15.1. The van der Waals surface area contributed by atoms with E-state index in [1.54, 1.807) is 0 Å². The lowest BCUT2D eigenvalue weighted by Gasteiger charge is -2.36. The SMILES string of the molecule is CCNC(=NCC(C(C)C)N1CCOCC1)NCCCCCCC(=O)OCC. The molecule has 0 saturated carbocycles. The van der Waals surface area contributed by atoms with E-state index in [0.717, 1.165) is 77.6 Å². The third-order valence-corrected chi connectivity index (χ3v) is 4.97. The largest absolute Gasteiger partial charge is 0.466 e. The lowest BCUT2D eigenvalue weighted by Crippen LogP contribution is -2.48. The highest BCUT2D eigenvalue weighted by atomic mass is 16.5. The number of morpholine rings is 1. The van der Waals surface area contributed by atoms with E-state index in [9.17, 15) is 4.79 Å². The molecule has 0 aromatic carbocycles. The molecule has 1 saturated heterocycles. The van der Waals surface area contributed by atoms with E-state index < -0.39 is 0 Å². The number of guanidine groups is 1. The van der Waals surface area contributed by atoms with Crippen molar-refractivity contribution in [1.82, 2.24) is 15.5 Å². The molecule has 7 heteroatoms. The van der Waals surface area contributed by atoms with Crippen LogP contribution in [0.25, 0.3) is 0 Å². The maximum atomic E-state index is 11.3. The van der Waals surface area contributed by atoms with Crippen LogP contribution < -0.4 is 10.6 Å². The number of nitrogens with zero attached hydrogens (tertiary/aromatic N) is 2. The second-order valence-corrected chi connectivity index (χ2v) is 7.58. The van der Waals surface area contributed by atoms with E-state index in [4.69, 9.17) is 14.5 Å². The predicted molar refractivity (Wildman–Crippen MR) is 115 cm³/mol. The van der Waals surface area contributed by atoms with E-state index in [2.05, 4.69) is 36.3 Å². The molecule has 0 aromatic heterocycles. The third kappa shape index (κ3) is 10.9. The minimum absolute atomic E-state index is 0.0813. The first kappa shape index (κ1) is 24.7. The van der Waals surface area contributed by atoms with Crippen molar-refractivity contribution in [2.45, 2.75) is 65.8 Å². The van der Waals surface area contributed by atoms with Crippen molar-refractivity contribution in [3.8, 4) is 0 Å². The fraction of sp³-hybridized carbons (Fsp3) is 0.905. The molecule has 1 heterocycles. The third-order valence-electron chi connectivity index (χ3n) is 4.97. The molecule has 164 valence electrons. The first-order chi connectivity index (χ1) is 13.6. The van der Waals surface area contributed by atoms with Crippen LogP contribution in [0, 0.1) is 5.92 Å². The molecule has 1 aliphatic heterocycles. The molecule has 0 amide bonds. The van der Waals surface area contributed by atoms with Gasteiger partial charge in [-0.15, -0.1) is 0 Å². The Bertz CT molecular complexity index is 437. The summed E-state index contributed by atoms with van der Waals surface area (Å²) in [5.74, 6) is 1.37. The summed E-state index contributed by atoms with van der Waals surface area (Å²) < 4.78 is 10.4. The highest BCUT2D eigenvalue weighted by Crippen LogP contribution is 2.13. The lowest BCUT2D eigenvalue weighted by molar-refractivity contribution is -0.143. The van der Waals surface area contributed by atoms with Gasteiger partial charge in [0, 0.05) is 38.6 Å². The van der Waals surface area contributed by atoms with Gasteiger partial charge in [0.15, 0.2) is 5.96 Å². The monoisotopic (exact) mass is 398 g/mol. The van der Waals surface area contributed by atoms with Crippen LogP contribution >= 0.6 is 0 Å². The quantitative estimate of drug-likeness (QED) is 0.215. The van der Waals surface area contributed by atoms with Crippen LogP contribution in [0.15, 0.2) is 4.99 Å². The molecule has 0 aliphatic carbocycles. The number of carbonyl (C=O) groups is 1. The van der Waals surface area contributed by atoms with Crippen LogP contribution in [0.4, 0.5) is 0 Å².